The van der Waals surface area contributed by atoms with Crippen LogP contribution in [0.25, 0.3) is 22.2 Å². The van der Waals surface area contributed by atoms with E-state index in [-0.39, 0.29) is 17.2 Å². The standard InChI is InChI=1S/C25H23F3N4O3/c1-14-11-16(13-32(2)24(14)33)18-3-4-19-21(31-23(30-19)15-6-9-34-10-7-15)22(18)35-17-5-8-29-20(12-17)25(26,27)28/h3-5,8,11-13,15H,6-7,9-10H2,1-2H3,(H,30,31). The molecule has 4 heterocycles. The van der Waals surface area contributed by atoms with E-state index in [0.29, 0.717) is 46.7 Å². The van der Waals surface area contributed by atoms with Crippen LogP contribution in [0.15, 0.2) is 47.5 Å². The predicted molar refractivity (Wildman–Crippen MR) is 124 cm³/mol. The van der Waals surface area contributed by atoms with Crippen LogP contribution in [0.5, 0.6) is 11.5 Å². The Balaban J connectivity index is 1.68. The highest BCUT2D eigenvalue weighted by atomic mass is 19.4. The Labute approximate surface area is 198 Å². The summed E-state index contributed by atoms with van der Waals surface area (Å²) in [4.78, 5) is 23.8. The first-order valence-electron chi connectivity index (χ1n) is 11.2. The van der Waals surface area contributed by atoms with E-state index < -0.39 is 11.9 Å². The van der Waals surface area contributed by atoms with Crippen LogP contribution in [0.2, 0.25) is 0 Å². The van der Waals surface area contributed by atoms with E-state index in [9.17, 15) is 18.0 Å². The summed E-state index contributed by atoms with van der Waals surface area (Å²) in [6.07, 6.45) is -0.231. The first kappa shape index (κ1) is 23.1. The van der Waals surface area contributed by atoms with Crippen molar-refractivity contribution in [2.75, 3.05) is 13.2 Å². The predicted octanol–water partition coefficient (Wildman–Crippen LogP) is 5.34. The number of aromatic amines is 1. The fourth-order valence-electron chi connectivity index (χ4n) is 4.34. The number of aromatic nitrogens is 4. The third kappa shape index (κ3) is 4.53. The van der Waals surface area contributed by atoms with Gasteiger partial charge in [-0.3, -0.25) is 9.78 Å². The van der Waals surface area contributed by atoms with Gasteiger partial charge in [0.2, 0.25) is 0 Å². The quantitative estimate of drug-likeness (QED) is 0.423. The van der Waals surface area contributed by atoms with Crippen LogP contribution >= 0.6 is 0 Å². The summed E-state index contributed by atoms with van der Waals surface area (Å²) in [6, 6.07) is 7.64. The minimum Gasteiger partial charge on any atom is -0.454 e. The van der Waals surface area contributed by atoms with Gasteiger partial charge in [0.1, 0.15) is 22.8 Å². The summed E-state index contributed by atoms with van der Waals surface area (Å²) in [5.74, 6) is 1.25. The van der Waals surface area contributed by atoms with Crippen LogP contribution in [-0.2, 0) is 18.0 Å². The monoisotopic (exact) mass is 484 g/mol. The fraction of sp³-hybridized carbons (Fsp3) is 0.320. The molecule has 1 aromatic carbocycles. The van der Waals surface area contributed by atoms with Crippen LogP contribution in [-0.4, -0.2) is 32.7 Å². The van der Waals surface area contributed by atoms with Gasteiger partial charge in [0.25, 0.3) is 5.56 Å². The molecular weight excluding hydrogens is 461 g/mol. The molecule has 182 valence electrons. The third-order valence-corrected chi connectivity index (χ3v) is 6.15. The van der Waals surface area contributed by atoms with Crippen molar-refractivity contribution >= 4 is 11.0 Å². The molecule has 0 unspecified atom stereocenters. The number of nitrogens with one attached hydrogen (secondary N) is 1. The highest BCUT2D eigenvalue weighted by Crippen LogP contribution is 2.41. The van der Waals surface area contributed by atoms with Gasteiger partial charge in [-0.1, -0.05) is 0 Å². The zero-order valence-electron chi connectivity index (χ0n) is 19.1. The van der Waals surface area contributed by atoms with Gasteiger partial charge < -0.3 is 19.0 Å². The van der Waals surface area contributed by atoms with Gasteiger partial charge >= 0.3 is 6.18 Å². The lowest BCUT2D eigenvalue weighted by Gasteiger charge is -2.19. The van der Waals surface area contributed by atoms with E-state index in [0.717, 1.165) is 30.9 Å². The van der Waals surface area contributed by atoms with Gasteiger partial charge in [-0.2, -0.15) is 13.2 Å². The molecule has 0 spiro atoms. The zero-order valence-corrected chi connectivity index (χ0v) is 19.1. The van der Waals surface area contributed by atoms with Crippen LogP contribution in [0, 0.1) is 6.92 Å². The second-order valence-corrected chi connectivity index (χ2v) is 8.65. The molecule has 1 fully saturated rings. The van der Waals surface area contributed by atoms with Crippen molar-refractivity contribution < 1.29 is 22.6 Å². The van der Waals surface area contributed by atoms with Gasteiger partial charge in [0.15, 0.2) is 5.75 Å². The van der Waals surface area contributed by atoms with E-state index in [1.807, 2.05) is 12.1 Å². The number of alkyl halides is 3. The summed E-state index contributed by atoms with van der Waals surface area (Å²) in [6.45, 7) is 3.00. The average Bonchev–Trinajstić information content (AvgIpc) is 3.28. The lowest BCUT2D eigenvalue weighted by atomic mass is 10.00. The van der Waals surface area contributed by atoms with E-state index >= 15 is 0 Å². The number of fused-ring (bicyclic) bond motifs is 1. The number of imidazole rings is 1. The van der Waals surface area contributed by atoms with Crippen molar-refractivity contribution in [1.29, 1.82) is 0 Å². The number of hydrogen-bond acceptors (Lipinski definition) is 5. The molecule has 5 rings (SSSR count). The Kier molecular flexibility index (Phi) is 5.84. The molecule has 7 nitrogen and oxygen atoms in total. The number of H-pyrrole nitrogens is 1. The lowest BCUT2D eigenvalue weighted by Crippen LogP contribution is -2.18. The maximum atomic E-state index is 13.3. The Morgan fingerprint density at radius 2 is 1.94 bits per heavy atom. The van der Waals surface area contributed by atoms with Crippen LogP contribution in [0.3, 0.4) is 0 Å². The largest absolute Gasteiger partial charge is 0.454 e. The highest BCUT2D eigenvalue weighted by Gasteiger charge is 2.33. The second-order valence-electron chi connectivity index (χ2n) is 8.65. The number of benzene rings is 1. The van der Waals surface area contributed by atoms with Gasteiger partial charge in [-0.15, -0.1) is 0 Å². The summed E-state index contributed by atoms with van der Waals surface area (Å²) < 4.78 is 52.8. The van der Waals surface area contributed by atoms with Gasteiger partial charge in [-0.05, 0) is 44.0 Å². The van der Waals surface area contributed by atoms with Crippen molar-refractivity contribution in [2.45, 2.75) is 31.9 Å². The average molecular weight is 484 g/mol. The molecule has 0 radical (unpaired) electrons. The molecule has 3 aromatic heterocycles. The van der Waals surface area contributed by atoms with Gasteiger partial charge in [0.05, 0.1) is 5.52 Å². The smallest absolute Gasteiger partial charge is 0.433 e. The Bertz CT molecular complexity index is 1430. The van der Waals surface area contributed by atoms with E-state index in [1.165, 1.54) is 10.6 Å². The van der Waals surface area contributed by atoms with Crippen molar-refractivity contribution in [1.82, 2.24) is 19.5 Å². The highest BCUT2D eigenvalue weighted by molar-refractivity contribution is 5.91. The molecule has 0 amide bonds. The third-order valence-electron chi connectivity index (χ3n) is 6.15. The number of nitrogens with zero attached hydrogens (tertiary/aromatic N) is 3. The summed E-state index contributed by atoms with van der Waals surface area (Å²) in [7, 11) is 1.65. The Morgan fingerprint density at radius 1 is 1.17 bits per heavy atom. The second kappa shape index (κ2) is 8.84. The number of ether oxygens (including phenoxy) is 2. The first-order chi connectivity index (χ1) is 16.7. The maximum Gasteiger partial charge on any atom is 0.433 e. The molecule has 10 heteroatoms. The molecule has 0 atom stereocenters. The van der Waals surface area contributed by atoms with Crippen LogP contribution in [0.1, 0.15) is 35.8 Å². The Morgan fingerprint density at radius 3 is 2.66 bits per heavy atom. The van der Waals surface area contributed by atoms with Crippen molar-refractivity contribution in [3.63, 3.8) is 0 Å². The molecule has 0 aliphatic carbocycles. The first-order valence-corrected chi connectivity index (χ1v) is 11.2. The van der Waals surface area contributed by atoms with Crippen molar-refractivity contribution in [2.24, 2.45) is 7.05 Å². The molecular formula is C25H23F3N4O3. The number of aryl methyl sites for hydroxylation is 2. The summed E-state index contributed by atoms with van der Waals surface area (Å²) in [5.41, 5.74) is 1.84. The molecule has 0 bridgehead atoms. The number of rotatable bonds is 4. The summed E-state index contributed by atoms with van der Waals surface area (Å²) >= 11 is 0. The Hall–Kier alpha value is -3.66. The minimum absolute atomic E-state index is 0.0155. The summed E-state index contributed by atoms with van der Waals surface area (Å²) in [5, 5.41) is 0. The molecule has 1 aliphatic heterocycles. The molecule has 1 aliphatic rings. The van der Waals surface area contributed by atoms with Crippen LogP contribution in [0.4, 0.5) is 13.2 Å². The number of pyridine rings is 2. The molecule has 4 aromatic rings. The van der Waals surface area contributed by atoms with E-state index in [2.05, 4.69) is 9.97 Å². The van der Waals surface area contributed by atoms with Crippen LogP contribution < -0.4 is 10.3 Å². The molecule has 35 heavy (non-hydrogen) atoms. The normalized spacial score (nSPS) is 15.0. The van der Waals surface area contributed by atoms with Gasteiger partial charge in [0, 0.05) is 61.3 Å². The number of halogens is 3. The van der Waals surface area contributed by atoms with Crippen molar-refractivity contribution in [3.05, 3.63) is 70.2 Å². The maximum absolute atomic E-state index is 13.3. The SMILES string of the molecule is Cc1cc(-c2ccc3[nH]c(C4CCOCC4)nc3c2Oc2ccnc(C(F)(F)F)c2)cn(C)c1=O. The zero-order chi connectivity index (χ0) is 24.7. The molecule has 1 saturated heterocycles. The lowest BCUT2D eigenvalue weighted by molar-refractivity contribution is -0.141. The van der Waals surface area contributed by atoms with Crippen molar-refractivity contribution in [3.8, 4) is 22.6 Å². The fourth-order valence-corrected chi connectivity index (χ4v) is 4.34. The topological polar surface area (TPSA) is 82.0 Å². The van der Waals surface area contributed by atoms with E-state index in [4.69, 9.17) is 14.5 Å². The minimum atomic E-state index is -4.61. The van der Waals surface area contributed by atoms with Gasteiger partial charge in [-0.25, -0.2) is 4.98 Å². The molecule has 0 saturated carbocycles. The van der Waals surface area contributed by atoms with E-state index in [1.54, 1.807) is 26.2 Å². The number of hydrogen-bond donors (Lipinski definition) is 1. The molecule has 1 N–H and O–H groups in total.